The molecule has 2 fully saturated rings. The van der Waals surface area contributed by atoms with Crippen molar-refractivity contribution in [3.05, 3.63) is 28.5 Å². The van der Waals surface area contributed by atoms with Crippen LogP contribution in [0.1, 0.15) is 48.9 Å². The van der Waals surface area contributed by atoms with Gasteiger partial charge in [0.15, 0.2) is 0 Å². The lowest BCUT2D eigenvalue weighted by Crippen LogP contribution is -2.49. The lowest BCUT2D eigenvalue weighted by Gasteiger charge is -2.44. The molecular formula is C15H19BrN2O. The highest BCUT2D eigenvalue weighted by Gasteiger charge is 2.35. The Kier molecular flexibility index (Phi) is 3.87. The number of rotatable bonds is 1. The first-order chi connectivity index (χ1) is 9.25. The smallest absolute Gasteiger partial charge is 0.254 e. The summed E-state index contributed by atoms with van der Waals surface area (Å²) in [7, 11) is 0. The van der Waals surface area contributed by atoms with Crippen LogP contribution in [-0.2, 0) is 0 Å². The molecule has 3 nitrogen and oxygen atoms in total. The first kappa shape index (κ1) is 13.1. The predicted molar refractivity (Wildman–Crippen MR) is 78.0 cm³/mol. The van der Waals surface area contributed by atoms with E-state index in [0.29, 0.717) is 6.04 Å². The molecule has 1 aliphatic carbocycles. The van der Waals surface area contributed by atoms with Crippen LogP contribution in [0.4, 0.5) is 0 Å². The number of nitrogens with zero attached hydrogens (tertiary/aromatic N) is 2. The molecule has 2 atom stereocenters. The van der Waals surface area contributed by atoms with Crippen molar-refractivity contribution in [3.63, 3.8) is 0 Å². The highest BCUT2D eigenvalue weighted by atomic mass is 79.9. The minimum Gasteiger partial charge on any atom is -0.335 e. The zero-order valence-electron chi connectivity index (χ0n) is 11.0. The average Bonchev–Trinajstić information content (AvgIpc) is 2.46. The molecule has 3 rings (SSSR count). The van der Waals surface area contributed by atoms with Crippen molar-refractivity contribution in [3.8, 4) is 0 Å². The fraction of sp³-hybridized carbons (Fsp3) is 0.600. The summed E-state index contributed by atoms with van der Waals surface area (Å²) < 4.78 is 0.732. The maximum absolute atomic E-state index is 12.7. The Balaban J connectivity index is 1.82. The van der Waals surface area contributed by atoms with Crippen molar-refractivity contribution in [1.82, 2.24) is 9.88 Å². The Labute approximate surface area is 122 Å². The lowest BCUT2D eigenvalue weighted by molar-refractivity contribution is 0.0390. The second-order valence-corrected chi connectivity index (χ2v) is 6.43. The summed E-state index contributed by atoms with van der Waals surface area (Å²) >= 11 is 3.34. The molecule has 4 heteroatoms. The fourth-order valence-corrected chi connectivity index (χ4v) is 3.94. The fourth-order valence-electron chi connectivity index (χ4n) is 3.58. The van der Waals surface area contributed by atoms with Crippen molar-refractivity contribution in [1.29, 1.82) is 0 Å². The van der Waals surface area contributed by atoms with Crippen LogP contribution in [0.5, 0.6) is 0 Å². The summed E-state index contributed by atoms with van der Waals surface area (Å²) in [5.41, 5.74) is 0.757. The van der Waals surface area contributed by atoms with Gasteiger partial charge in [-0.1, -0.05) is 12.8 Å². The number of hydrogen-bond acceptors (Lipinski definition) is 2. The van der Waals surface area contributed by atoms with E-state index in [4.69, 9.17) is 0 Å². The van der Waals surface area contributed by atoms with E-state index < -0.39 is 0 Å². The lowest BCUT2D eigenvalue weighted by atomic mass is 9.78. The number of pyridine rings is 1. The first-order valence-electron chi connectivity index (χ1n) is 7.18. The Morgan fingerprint density at radius 3 is 2.89 bits per heavy atom. The Bertz CT molecular complexity index is 475. The van der Waals surface area contributed by atoms with Crippen LogP contribution in [0, 0.1) is 5.92 Å². The largest absolute Gasteiger partial charge is 0.335 e. The summed E-state index contributed by atoms with van der Waals surface area (Å²) in [5, 5.41) is 0. The number of halogens is 1. The van der Waals surface area contributed by atoms with Gasteiger partial charge >= 0.3 is 0 Å². The van der Waals surface area contributed by atoms with Crippen molar-refractivity contribution < 1.29 is 4.79 Å². The number of carbonyl (C=O) groups is 1. The molecule has 2 heterocycles. The van der Waals surface area contributed by atoms with Gasteiger partial charge in [0, 0.05) is 24.3 Å². The van der Waals surface area contributed by atoms with Crippen LogP contribution in [0.2, 0.25) is 0 Å². The zero-order chi connectivity index (χ0) is 13.2. The number of piperidine rings is 1. The van der Waals surface area contributed by atoms with Crippen LogP contribution < -0.4 is 0 Å². The van der Waals surface area contributed by atoms with E-state index in [1.807, 2.05) is 12.1 Å². The summed E-state index contributed by atoms with van der Waals surface area (Å²) in [5.74, 6) is 0.913. The molecule has 0 aromatic carbocycles. The van der Waals surface area contributed by atoms with Gasteiger partial charge in [-0.2, -0.15) is 0 Å². The van der Waals surface area contributed by atoms with E-state index >= 15 is 0 Å². The van der Waals surface area contributed by atoms with Crippen molar-refractivity contribution in [2.75, 3.05) is 6.54 Å². The number of carbonyl (C=O) groups excluding carboxylic acids is 1. The quantitative estimate of drug-likeness (QED) is 0.739. The van der Waals surface area contributed by atoms with Gasteiger partial charge in [0.2, 0.25) is 0 Å². The third-order valence-electron chi connectivity index (χ3n) is 4.48. The highest BCUT2D eigenvalue weighted by molar-refractivity contribution is 9.10. The molecule has 0 N–H and O–H groups in total. The molecule has 1 saturated carbocycles. The van der Waals surface area contributed by atoms with Crippen LogP contribution >= 0.6 is 15.9 Å². The van der Waals surface area contributed by atoms with Crippen molar-refractivity contribution in [2.24, 2.45) is 5.92 Å². The molecule has 1 saturated heterocycles. The minimum absolute atomic E-state index is 0.180. The number of fused-ring (bicyclic) bond motifs is 1. The summed E-state index contributed by atoms with van der Waals surface area (Å²) in [6.45, 7) is 0.917. The average molecular weight is 323 g/mol. The van der Waals surface area contributed by atoms with Gasteiger partial charge < -0.3 is 4.90 Å². The predicted octanol–water partition coefficient (Wildman–Crippen LogP) is 3.64. The van der Waals surface area contributed by atoms with Crippen molar-refractivity contribution >= 4 is 21.8 Å². The molecule has 0 spiro atoms. The minimum atomic E-state index is 0.180. The molecule has 1 aliphatic heterocycles. The van der Waals surface area contributed by atoms with Crippen LogP contribution in [-0.4, -0.2) is 28.4 Å². The third-order valence-corrected chi connectivity index (χ3v) is 4.91. The van der Waals surface area contributed by atoms with E-state index in [0.717, 1.165) is 29.1 Å². The van der Waals surface area contributed by atoms with Crippen LogP contribution in [0.25, 0.3) is 0 Å². The van der Waals surface area contributed by atoms with Gasteiger partial charge in [0.05, 0.1) is 0 Å². The van der Waals surface area contributed by atoms with Gasteiger partial charge in [-0.05, 0) is 59.7 Å². The maximum atomic E-state index is 12.7. The number of aromatic nitrogens is 1. The Morgan fingerprint density at radius 2 is 2.05 bits per heavy atom. The first-order valence-corrected chi connectivity index (χ1v) is 7.97. The van der Waals surface area contributed by atoms with E-state index in [-0.39, 0.29) is 5.91 Å². The number of hydrogen-bond donors (Lipinski definition) is 0. The monoisotopic (exact) mass is 322 g/mol. The number of amides is 1. The molecule has 0 bridgehead atoms. The molecule has 0 radical (unpaired) electrons. The van der Waals surface area contributed by atoms with Gasteiger partial charge in [0.25, 0.3) is 5.91 Å². The molecule has 1 aromatic rings. The molecular weight excluding hydrogens is 304 g/mol. The molecule has 102 valence electrons. The second-order valence-electron chi connectivity index (χ2n) is 5.62. The van der Waals surface area contributed by atoms with Crippen LogP contribution in [0.3, 0.4) is 0 Å². The van der Waals surface area contributed by atoms with E-state index in [2.05, 4.69) is 25.8 Å². The zero-order valence-corrected chi connectivity index (χ0v) is 12.6. The third kappa shape index (κ3) is 2.69. The van der Waals surface area contributed by atoms with E-state index in [9.17, 15) is 4.79 Å². The molecule has 2 aliphatic rings. The standard InChI is InChI=1S/C15H19BrN2O/c16-14-10-12(7-8-17-14)15(19)18-9-3-5-11-4-1-2-6-13(11)18/h7-8,10-11,13H,1-6,9H2. The second kappa shape index (κ2) is 5.61. The molecule has 1 aromatic heterocycles. The summed E-state index contributed by atoms with van der Waals surface area (Å²) in [6, 6.07) is 4.12. The molecule has 1 amide bonds. The topological polar surface area (TPSA) is 33.2 Å². The van der Waals surface area contributed by atoms with Gasteiger partial charge in [-0.25, -0.2) is 4.98 Å². The SMILES string of the molecule is O=C(c1ccnc(Br)c1)N1CCCC2CCCCC21. The Hall–Kier alpha value is -0.900. The summed E-state index contributed by atoms with van der Waals surface area (Å²) in [4.78, 5) is 18.9. The number of likely N-dealkylation sites (tertiary alicyclic amines) is 1. The molecule has 19 heavy (non-hydrogen) atoms. The van der Waals surface area contributed by atoms with Crippen molar-refractivity contribution in [2.45, 2.75) is 44.6 Å². The molecule has 2 unspecified atom stereocenters. The van der Waals surface area contributed by atoms with Gasteiger partial charge in [0.1, 0.15) is 4.60 Å². The normalized spacial score (nSPS) is 26.9. The van der Waals surface area contributed by atoms with E-state index in [1.165, 1.54) is 32.1 Å². The van der Waals surface area contributed by atoms with E-state index in [1.54, 1.807) is 6.20 Å². The highest BCUT2D eigenvalue weighted by Crippen LogP contribution is 2.35. The van der Waals surface area contributed by atoms with Gasteiger partial charge in [-0.3, -0.25) is 4.79 Å². The van der Waals surface area contributed by atoms with Crippen LogP contribution in [0.15, 0.2) is 22.9 Å². The summed E-state index contributed by atoms with van der Waals surface area (Å²) in [6.07, 6.45) is 9.24. The van der Waals surface area contributed by atoms with Gasteiger partial charge in [-0.15, -0.1) is 0 Å². The maximum Gasteiger partial charge on any atom is 0.254 e. The Morgan fingerprint density at radius 1 is 1.26 bits per heavy atom.